The number of ether oxygens (including phenoxy) is 1. The molecule has 68 valence electrons. The molecule has 0 saturated heterocycles. The molecule has 0 aromatic rings. The first kappa shape index (κ1) is 11.0. The minimum Gasteiger partial charge on any atom is -0.452 e. The average molecular weight is 168 g/mol. The van der Waals surface area contributed by atoms with Crippen molar-refractivity contribution in [2.24, 2.45) is 0 Å². The zero-order chi connectivity index (χ0) is 9.61. The summed E-state index contributed by atoms with van der Waals surface area (Å²) in [5.41, 5.74) is -0.509. The molecule has 0 saturated carbocycles. The summed E-state index contributed by atoms with van der Waals surface area (Å²) < 4.78 is 5.16. The van der Waals surface area contributed by atoms with Gasteiger partial charge in [-0.15, -0.1) is 0 Å². The molecule has 0 aromatic carbocycles. The van der Waals surface area contributed by atoms with Crippen LogP contribution in [0.15, 0.2) is 25.3 Å². The fourth-order valence-electron chi connectivity index (χ4n) is 0.967. The first-order valence-corrected chi connectivity index (χ1v) is 4.13. The van der Waals surface area contributed by atoms with E-state index in [4.69, 9.17) is 4.74 Å². The summed E-state index contributed by atoms with van der Waals surface area (Å²) in [6.45, 7) is 10.9. The van der Waals surface area contributed by atoms with Crippen LogP contribution in [0.5, 0.6) is 0 Å². The van der Waals surface area contributed by atoms with Gasteiger partial charge in [0.05, 0.1) is 0 Å². The first-order valence-electron chi connectivity index (χ1n) is 4.13. The van der Waals surface area contributed by atoms with Gasteiger partial charge in [0.25, 0.3) is 0 Å². The van der Waals surface area contributed by atoms with Gasteiger partial charge >= 0.3 is 5.97 Å². The molecule has 0 fully saturated rings. The SMILES string of the molecule is C=CC(=O)OC(C=C)(CC)CC. The Morgan fingerprint density at radius 2 is 1.92 bits per heavy atom. The van der Waals surface area contributed by atoms with Crippen molar-refractivity contribution < 1.29 is 9.53 Å². The highest BCUT2D eigenvalue weighted by atomic mass is 16.6. The van der Waals surface area contributed by atoms with Crippen molar-refractivity contribution in [1.82, 2.24) is 0 Å². The van der Waals surface area contributed by atoms with E-state index in [1.54, 1.807) is 6.08 Å². The van der Waals surface area contributed by atoms with E-state index in [0.717, 1.165) is 12.8 Å². The molecule has 0 aliphatic carbocycles. The molecular weight excluding hydrogens is 152 g/mol. The zero-order valence-corrected chi connectivity index (χ0v) is 7.80. The van der Waals surface area contributed by atoms with Crippen molar-refractivity contribution in [3.05, 3.63) is 25.3 Å². The third kappa shape index (κ3) is 2.53. The summed E-state index contributed by atoms with van der Waals surface area (Å²) in [6.07, 6.45) is 4.33. The third-order valence-electron chi connectivity index (χ3n) is 2.04. The minimum absolute atomic E-state index is 0.390. The molecule has 0 aliphatic heterocycles. The fourth-order valence-corrected chi connectivity index (χ4v) is 0.967. The molecule has 0 N–H and O–H groups in total. The van der Waals surface area contributed by atoms with Gasteiger partial charge in [0, 0.05) is 6.08 Å². The second kappa shape index (κ2) is 4.75. The second-order valence-corrected chi connectivity index (χ2v) is 2.60. The highest BCUT2D eigenvalue weighted by molar-refractivity contribution is 5.81. The topological polar surface area (TPSA) is 26.3 Å². The van der Waals surface area contributed by atoms with Gasteiger partial charge in [0.15, 0.2) is 0 Å². The lowest BCUT2D eigenvalue weighted by Gasteiger charge is -2.27. The Bertz CT molecular complexity index is 178. The van der Waals surface area contributed by atoms with Crippen molar-refractivity contribution >= 4 is 5.97 Å². The minimum atomic E-state index is -0.509. The Balaban J connectivity index is 4.39. The van der Waals surface area contributed by atoms with Crippen LogP contribution in [0.4, 0.5) is 0 Å². The van der Waals surface area contributed by atoms with Crippen molar-refractivity contribution in [1.29, 1.82) is 0 Å². The molecule has 0 atom stereocenters. The normalized spacial score (nSPS) is 10.5. The number of hydrogen-bond donors (Lipinski definition) is 0. The number of carbonyl (C=O) groups excluding carboxylic acids is 1. The fraction of sp³-hybridized carbons (Fsp3) is 0.500. The zero-order valence-electron chi connectivity index (χ0n) is 7.80. The Labute approximate surface area is 73.9 Å². The van der Waals surface area contributed by atoms with Crippen LogP contribution in [0, 0.1) is 0 Å². The Hall–Kier alpha value is -1.05. The molecule has 2 nitrogen and oxygen atoms in total. The number of hydrogen-bond acceptors (Lipinski definition) is 2. The maximum atomic E-state index is 10.9. The van der Waals surface area contributed by atoms with Crippen LogP contribution in [0.3, 0.4) is 0 Å². The first-order chi connectivity index (χ1) is 5.64. The van der Waals surface area contributed by atoms with Gasteiger partial charge in [0.1, 0.15) is 5.60 Å². The van der Waals surface area contributed by atoms with Crippen molar-refractivity contribution in [2.75, 3.05) is 0 Å². The van der Waals surface area contributed by atoms with Crippen LogP contribution in [0.2, 0.25) is 0 Å². The number of carbonyl (C=O) groups is 1. The third-order valence-corrected chi connectivity index (χ3v) is 2.04. The molecule has 0 bridgehead atoms. The van der Waals surface area contributed by atoms with Gasteiger partial charge in [-0.05, 0) is 18.9 Å². The summed E-state index contributed by atoms with van der Waals surface area (Å²) >= 11 is 0. The quantitative estimate of drug-likeness (QED) is 0.358. The van der Waals surface area contributed by atoms with E-state index in [2.05, 4.69) is 13.2 Å². The lowest BCUT2D eigenvalue weighted by atomic mass is 9.97. The van der Waals surface area contributed by atoms with E-state index in [1.165, 1.54) is 6.08 Å². The standard InChI is InChI=1S/C10H16O2/c1-5-9(11)12-10(6-2,7-3)8-4/h5-6H,1-2,7-8H2,3-4H3. The lowest BCUT2D eigenvalue weighted by molar-refractivity contribution is -0.149. The Morgan fingerprint density at radius 1 is 1.42 bits per heavy atom. The molecule has 0 aliphatic rings. The summed E-state index contributed by atoms with van der Waals surface area (Å²) in [6, 6.07) is 0. The summed E-state index contributed by atoms with van der Waals surface area (Å²) in [5.74, 6) is -0.390. The van der Waals surface area contributed by atoms with Crippen LogP contribution in [-0.2, 0) is 9.53 Å². The predicted octanol–water partition coefficient (Wildman–Crippen LogP) is 2.46. The Morgan fingerprint density at radius 3 is 2.17 bits per heavy atom. The van der Waals surface area contributed by atoms with E-state index in [9.17, 15) is 4.79 Å². The predicted molar refractivity (Wildman–Crippen MR) is 49.8 cm³/mol. The number of esters is 1. The Kier molecular flexibility index (Phi) is 4.34. The van der Waals surface area contributed by atoms with Crippen molar-refractivity contribution in [2.45, 2.75) is 32.3 Å². The highest BCUT2D eigenvalue weighted by Gasteiger charge is 2.25. The molecule has 12 heavy (non-hydrogen) atoms. The van der Waals surface area contributed by atoms with Crippen LogP contribution in [-0.4, -0.2) is 11.6 Å². The molecule has 0 heterocycles. The molecule has 0 rings (SSSR count). The maximum absolute atomic E-state index is 10.9. The van der Waals surface area contributed by atoms with Crippen LogP contribution in [0.1, 0.15) is 26.7 Å². The largest absolute Gasteiger partial charge is 0.452 e. The number of rotatable bonds is 5. The molecule has 0 radical (unpaired) electrons. The van der Waals surface area contributed by atoms with E-state index in [-0.39, 0.29) is 0 Å². The van der Waals surface area contributed by atoms with Gasteiger partial charge in [-0.3, -0.25) is 0 Å². The van der Waals surface area contributed by atoms with Crippen LogP contribution in [0.25, 0.3) is 0 Å². The monoisotopic (exact) mass is 168 g/mol. The van der Waals surface area contributed by atoms with Crippen molar-refractivity contribution in [3.8, 4) is 0 Å². The van der Waals surface area contributed by atoms with Gasteiger partial charge < -0.3 is 4.74 Å². The molecule has 2 heteroatoms. The highest BCUT2D eigenvalue weighted by Crippen LogP contribution is 2.21. The van der Waals surface area contributed by atoms with E-state index in [0.29, 0.717) is 0 Å². The average Bonchev–Trinajstić information content (AvgIpc) is 2.14. The van der Waals surface area contributed by atoms with E-state index in [1.807, 2.05) is 13.8 Å². The summed E-state index contributed by atoms with van der Waals surface area (Å²) in [4.78, 5) is 10.9. The van der Waals surface area contributed by atoms with Crippen LogP contribution < -0.4 is 0 Å². The molecule has 0 amide bonds. The van der Waals surface area contributed by atoms with Crippen LogP contribution >= 0.6 is 0 Å². The lowest BCUT2D eigenvalue weighted by Crippen LogP contribution is -2.30. The molecule has 0 spiro atoms. The van der Waals surface area contributed by atoms with Gasteiger partial charge in [0.2, 0.25) is 0 Å². The molecule has 0 unspecified atom stereocenters. The van der Waals surface area contributed by atoms with Crippen molar-refractivity contribution in [3.63, 3.8) is 0 Å². The van der Waals surface area contributed by atoms with E-state index >= 15 is 0 Å². The van der Waals surface area contributed by atoms with Gasteiger partial charge in [-0.1, -0.05) is 27.0 Å². The second-order valence-electron chi connectivity index (χ2n) is 2.60. The smallest absolute Gasteiger partial charge is 0.331 e. The van der Waals surface area contributed by atoms with Gasteiger partial charge in [-0.25, -0.2) is 4.79 Å². The maximum Gasteiger partial charge on any atom is 0.331 e. The molecular formula is C10H16O2. The van der Waals surface area contributed by atoms with Gasteiger partial charge in [-0.2, -0.15) is 0 Å². The summed E-state index contributed by atoms with van der Waals surface area (Å²) in [5, 5.41) is 0. The summed E-state index contributed by atoms with van der Waals surface area (Å²) in [7, 11) is 0. The molecule has 0 aromatic heterocycles. The van der Waals surface area contributed by atoms with E-state index < -0.39 is 11.6 Å².